The number of hydrogen-bond donors (Lipinski definition) is 0. The van der Waals surface area contributed by atoms with Gasteiger partial charge in [0.15, 0.2) is 0 Å². The monoisotopic (exact) mass is 444 g/mol. The Morgan fingerprint density at radius 2 is 1.88 bits per heavy atom. The first kappa shape index (κ1) is 20.9. The lowest BCUT2D eigenvalue weighted by Crippen LogP contribution is -2.38. The molecule has 1 unspecified atom stereocenters. The number of nitrogens with zero attached hydrogens (tertiary/aromatic N) is 6. The Morgan fingerprint density at radius 1 is 1.09 bits per heavy atom. The van der Waals surface area contributed by atoms with E-state index in [0.717, 1.165) is 22.2 Å². The van der Waals surface area contributed by atoms with E-state index in [1.54, 1.807) is 39.7 Å². The fourth-order valence-electron chi connectivity index (χ4n) is 4.41. The molecule has 9 heteroatoms. The molecule has 1 fully saturated rings. The average Bonchev–Trinajstić information content (AvgIpc) is 3.50. The number of carbonyl (C=O) groups excluding carboxylic acids is 1. The summed E-state index contributed by atoms with van der Waals surface area (Å²) in [4.78, 5) is 45.1. The molecule has 0 spiro atoms. The Hall–Kier alpha value is -4.01. The van der Waals surface area contributed by atoms with Gasteiger partial charge in [0.25, 0.3) is 11.5 Å². The van der Waals surface area contributed by atoms with Gasteiger partial charge in [-0.25, -0.2) is 9.78 Å². The first-order chi connectivity index (χ1) is 15.9. The topological polar surface area (TPSA) is 95.0 Å². The molecular formula is C24H24N6O3. The highest BCUT2D eigenvalue weighted by Crippen LogP contribution is 2.28. The number of amides is 1. The number of aryl methyl sites for hydroxylation is 1. The first-order valence-electron chi connectivity index (χ1n) is 10.8. The van der Waals surface area contributed by atoms with E-state index in [4.69, 9.17) is 4.98 Å². The van der Waals surface area contributed by atoms with Crippen molar-refractivity contribution >= 4 is 16.9 Å². The van der Waals surface area contributed by atoms with Gasteiger partial charge >= 0.3 is 5.69 Å². The standard InChI is InChI=1S/C24H24N6O3/c1-27-14-18(12-25-27)22(31)29-11-10-17(15-29)20-9-8-19-21(26-20)30(24(33)28(2)23(19)32)13-16-6-4-3-5-7-16/h3-9,12,14,17H,10-11,13,15H2,1-2H3. The molecule has 1 aromatic carbocycles. The van der Waals surface area contributed by atoms with Crippen LogP contribution in [0.25, 0.3) is 11.0 Å². The van der Waals surface area contributed by atoms with Gasteiger partial charge in [-0.15, -0.1) is 0 Å². The molecule has 1 atom stereocenters. The van der Waals surface area contributed by atoms with Crippen LogP contribution in [-0.2, 0) is 20.6 Å². The highest BCUT2D eigenvalue weighted by molar-refractivity contribution is 5.94. The smallest absolute Gasteiger partial charge is 0.332 e. The van der Waals surface area contributed by atoms with Gasteiger partial charge in [-0.1, -0.05) is 30.3 Å². The second-order valence-corrected chi connectivity index (χ2v) is 8.47. The van der Waals surface area contributed by atoms with E-state index in [1.165, 1.54) is 7.05 Å². The maximum absolute atomic E-state index is 13.0. The van der Waals surface area contributed by atoms with Crippen molar-refractivity contribution in [2.75, 3.05) is 13.1 Å². The van der Waals surface area contributed by atoms with Crippen LogP contribution in [0.3, 0.4) is 0 Å². The largest absolute Gasteiger partial charge is 0.338 e. The molecule has 3 aromatic heterocycles. The number of aromatic nitrogens is 5. The number of carbonyl (C=O) groups is 1. The molecule has 0 radical (unpaired) electrons. The lowest BCUT2D eigenvalue weighted by atomic mass is 10.0. The summed E-state index contributed by atoms with van der Waals surface area (Å²) in [6, 6.07) is 13.2. The van der Waals surface area contributed by atoms with E-state index < -0.39 is 5.69 Å². The second kappa shape index (κ2) is 8.16. The number of benzene rings is 1. The molecule has 4 heterocycles. The summed E-state index contributed by atoms with van der Waals surface area (Å²) in [5.74, 6) is -0.0272. The summed E-state index contributed by atoms with van der Waals surface area (Å²) < 4.78 is 4.28. The van der Waals surface area contributed by atoms with E-state index in [0.29, 0.717) is 36.2 Å². The Bertz CT molecular complexity index is 1470. The Labute approximate surface area is 189 Å². The van der Waals surface area contributed by atoms with Crippen molar-refractivity contribution in [3.8, 4) is 0 Å². The Kier molecular flexibility index (Phi) is 5.16. The quantitative estimate of drug-likeness (QED) is 0.476. The molecule has 168 valence electrons. The van der Waals surface area contributed by atoms with Crippen LogP contribution in [0.15, 0.2) is 64.4 Å². The molecule has 1 saturated heterocycles. The number of likely N-dealkylation sites (tertiary alicyclic amines) is 1. The summed E-state index contributed by atoms with van der Waals surface area (Å²) in [7, 11) is 3.26. The van der Waals surface area contributed by atoms with E-state index >= 15 is 0 Å². The van der Waals surface area contributed by atoms with Gasteiger partial charge < -0.3 is 4.90 Å². The SMILES string of the molecule is Cn1cc(C(=O)N2CCC(c3ccc4c(=O)n(C)c(=O)n(Cc5ccccc5)c4n3)C2)cn1. The van der Waals surface area contributed by atoms with Crippen LogP contribution in [0.1, 0.15) is 34.0 Å². The fourth-order valence-corrected chi connectivity index (χ4v) is 4.41. The minimum absolute atomic E-state index is 0.0272. The first-order valence-corrected chi connectivity index (χ1v) is 10.8. The van der Waals surface area contributed by atoms with Crippen LogP contribution in [0.5, 0.6) is 0 Å². The predicted molar refractivity (Wildman–Crippen MR) is 123 cm³/mol. The number of fused-ring (bicyclic) bond motifs is 1. The number of hydrogen-bond acceptors (Lipinski definition) is 5. The van der Waals surface area contributed by atoms with Crippen molar-refractivity contribution in [3.05, 3.63) is 92.5 Å². The molecule has 0 bridgehead atoms. The molecule has 33 heavy (non-hydrogen) atoms. The van der Waals surface area contributed by atoms with Crippen molar-refractivity contribution in [2.45, 2.75) is 18.9 Å². The van der Waals surface area contributed by atoms with Gasteiger partial charge in [0.05, 0.1) is 23.7 Å². The summed E-state index contributed by atoms with van der Waals surface area (Å²) >= 11 is 0. The van der Waals surface area contributed by atoms with Crippen LogP contribution in [0, 0.1) is 0 Å². The summed E-state index contributed by atoms with van der Waals surface area (Å²) in [6.45, 7) is 1.46. The molecular weight excluding hydrogens is 420 g/mol. The maximum Gasteiger partial charge on any atom is 0.332 e. The van der Waals surface area contributed by atoms with Crippen molar-refractivity contribution < 1.29 is 4.79 Å². The van der Waals surface area contributed by atoms with Crippen LogP contribution in [0.4, 0.5) is 0 Å². The van der Waals surface area contributed by atoms with Crippen LogP contribution in [0.2, 0.25) is 0 Å². The van der Waals surface area contributed by atoms with Crippen LogP contribution < -0.4 is 11.2 Å². The fraction of sp³-hybridized carbons (Fsp3) is 0.292. The van der Waals surface area contributed by atoms with Gasteiger partial charge in [0.2, 0.25) is 0 Å². The van der Waals surface area contributed by atoms with E-state index in [9.17, 15) is 14.4 Å². The second-order valence-electron chi connectivity index (χ2n) is 8.47. The van der Waals surface area contributed by atoms with Gasteiger partial charge in [-0.3, -0.25) is 23.4 Å². The summed E-state index contributed by atoms with van der Waals surface area (Å²) in [6.07, 6.45) is 4.04. The molecule has 1 aliphatic rings. The Morgan fingerprint density at radius 3 is 2.61 bits per heavy atom. The molecule has 0 aliphatic carbocycles. The van der Waals surface area contributed by atoms with Crippen molar-refractivity contribution in [1.82, 2.24) is 28.8 Å². The summed E-state index contributed by atoms with van der Waals surface area (Å²) in [5.41, 5.74) is 1.89. The molecule has 5 rings (SSSR count). The van der Waals surface area contributed by atoms with Crippen LogP contribution >= 0.6 is 0 Å². The third-order valence-corrected chi connectivity index (χ3v) is 6.23. The minimum atomic E-state index is -0.402. The van der Waals surface area contributed by atoms with Crippen molar-refractivity contribution in [1.29, 1.82) is 0 Å². The zero-order chi connectivity index (χ0) is 23.1. The van der Waals surface area contributed by atoms with Gasteiger partial charge in [-0.2, -0.15) is 5.10 Å². The lowest BCUT2D eigenvalue weighted by molar-refractivity contribution is 0.0790. The zero-order valence-electron chi connectivity index (χ0n) is 18.5. The zero-order valence-corrected chi connectivity index (χ0v) is 18.5. The maximum atomic E-state index is 13.0. The molecule has 9 nitrogen and oxygen atoms in total. The third kappa shape index (κ3) is 3.75. The number of pyridine rings is 1. The van der Waals surface area contributed by atoms with Crippen molar-refractivity contribution in [3.63, 3.8) is 0 Å². The third-order valence-electron chi connectivity index (χ3n) is 6.23. The van der Waals surface area contributed by atoms with Crippen LogP contribution in [-0.4, -0.2) is 47.8 Å². The average molecular weight is 444 g/mol. The lowest BCUT2D eigenvalue weighted by Gasteiger charge is -2.16. The van der Waals surface area contributed by atoms with Crippen molar-refractivity contribution in [2.24, 2.45) is 14.1 Å². The molecule has 0 saturated carbocycles. The molecule has 1 aliphatic heterocycles. The van der Waals surface area contributed by atoms with Gasteiger partial charge in [0, 0.05) is 45.0 Å². The molecule has 4 aromatic rings. The van der Waals surface area contributed by atoms with E-state index in [-0.39, 0.29) is 17.4 Å². The Balaban J connectivity index is 1.51. The minimum Gasteiger partial charge on any atom is -0.338 e. The molecule has 0 N–H and O–H groups in total. The molecule has 1 amide bonds. The summed E-state index contributed by atoms with van der Waals surface area (Å²) in [5, 5.41) is 4.48. The predicted octanol–water partition coefficient (Wildman–Crippen LogP) is 1.51. The van der Waals surface area contributed by atoms with E-state index in [1.807, 2.05) is 36.4 Å². The normalized spacial score (nSPS) is 15.9. The highest BCUT2D eigenvalue weighted by atomic mass is 16.2. The van der Waals surface area contributed by atoms with Gasteiger partial charge in [-0.05, 0) is 24.1 Å². The highest BCUT2D eigenvalue weighted by Gasteiger charge is 2.30. The van der Waals surface area contributed by atoms with E-state index in [2.05, 4.69) is 5.10 Å². The number of rotatable bonds is 4. The van der Waals surface area contributed by atoms with Gasteiger partial charge in [0.1, 0.15) is 5.65 Å².